The van der Waals surface area contributed by atoms with Crippen LogP contribution in [0.2, 0.25) is 0 Å². The molecule has 0 aliphatic heterocycles. The van der Waals surface area contributed by atoms with Gasteiger partial charge in [0.15, 0.2) is 6.10 Å². The molecule has 0 aromatic heterocycles. The topological polar surface area (TPSA) is 102 Å². The van der Waals surface area contributed by atoms with Crippen LogP contribution in [0.5, 0.6) is 0 Å². The number of esters is 2. The minimum absolute atomic E-state index is 0.0376. The number of likely N-dealkylation sites (N-methyl/N-ethyl adjacent to an activating group) is 1. The number of carboxylic acids is 1. The molecule has 0 aliphatic rings. The van der Waals surface area contributed by atoms with Gasteiger partial charge in [0.05, 0.1) is 40.3 Å². The maximum atomic E-state index is 12.7. The van der Waals surface area contributed by atoms with Crippen LogP contribution in [-0.2, 0) is 28.6 Å². The molecule has 0 amide bonds. The third kappa shape index (κ3) is 37.1. The summed E-state index contributed by atoms with van der Waals surface area (Å²) in [5.74, 6) is -1.75. The van der Waals surface area contributed by atoms with Crippen LogP contribution in [0.3, 0.4) is 0 Å². The summed E-state index contributed by atoms with van der Waals surface area (Å²) in [7, 11) is 5.41. The standard InChI is InChI=1S/C48H87NO7/c1-6-8-10-12-14-16-18-20-21-22-23-24-25-27-29-31-33-35-37-39-47(51)56-44(42-54-41-40-45(48(52)53)49(3,4)5)43-55-46(50)38-36-34-32-30-28-26-19-17-15-13-11-9-7-2/h14,16-17,19-21,44-45H,6-13,15,18,22-43H2,1-5H3/b16-14-,19-17-,21-20-. The lowest BCUT2D eigenvalue weighted by molar-refractivity contribution is -0.889. The maximum Gasteiger partial charge on any atom is 0.306 e. The van der Waals surface area contributed by atoms with Gasteiger partial charge in [-0.15, -0.1) is 0 Å². The van der Waals surface area contributed by atoms with Crippen molar-refractivity contribution in [3.05, 3.63) is 36.5 Å². The summed E-state index contributed by atoms with van der Waals surface area (Å²) < 4.78 is 17.2. The second-order valence-electron chi connectivity index (χ2n) is 16.6. The molecule has 0 rings (SSSR count). The molecule has 0 spiro atoms. The van der Waals surface area contributed by atoms with E-state index in [0.29, 0.717) is 12.8 Å². The van der Waals surface area contributed by atoms with E-state index in [4.69, 9.17) is 14.2 Å². The van der Waals surface area contributed by atoms with Gasteiger partial charge in [-0.2, -0.15) is 0 Å². The molecule has 2 unspecified atom stereocenters. The number of unbranched alkanes of at least 4 members (excludes halogenated alkanes) is 21. The predicted octanol–water partition coefficient (Wildman–Crippen LogP) is 11.3. The molecule has 0 bridgehead atoms. The van der Waals surface area contributed by atoms with Crippen molar-refractivity contribution in [2.75, 3.05) is 41.0 Å². The van der Waals surface area contributed by atoms with Gasteiger partial charge in [-0.25, -0.2) is 0 Å². The quantitative estimate of drug-likeness (QED) is 0.0263. The Kier molecular flexibility index (Phi) is 37.7. The smallest absolute Gasteiger partial charge is 0.306 e. The van der Waals surface area contributed by atoms with Crippen LogP contribution < -0.4 is 5.11 Å². The minimum Gasteiger partial charge on any atom is -0.544 e. The van der Waals surface area contributed by atoms with Crippen LogP contribution in [0.15, 0.2) is 36.5 Å². The SMILES string of the molecule is CCCCC/C=C\C/C=C\CCCCCCCCCCCC(=O)OC(COCCC(C(=O)[O-])[N+](C)(C)C)COC(=O)CCCCCCC/C=C\CCCCCC. The van der Waals surface area contributed by atoms with E-state index in [1.807, 2.05) is 0 Å². The second-order valence-corrected chi connectivity index (χ2v) is 16.6. The van der Waals surface area contributed by atoms with Gasteiger partial charge in [0, 0.05) is 19.3 Å². The zero-order chi connectivity index (χ0) is 41.4. The average Bonchev–Trinajstić information content (AvgIpc) is 3.15. The van der Waals surface area contributed by atoms with E-state index in [0.717, 1.165) is 57.8 Å². The Hall–Kier alpha value is -2.45. The molecule has 326 valence electrons. The van der Waals surface area contributed by atoms with Gasteiger partial charge in [-0.3, -0.25) is 9.59 Å². The number of carbonyl (C=O) groups excluding carboxylic acids is 3. The first-order valence-electron chi connectivity index (χ1n) is 23.0. The number of ether oxygens (including phenoxy) is 3. The van der Waals surface area contributed by atoms with Gasteiger partial charge < -0.3 is 28.6 Å². The number of nitrogens with zero attached hydrogens (tertiary/aromatic N) is 1. The molecule has 0 saturated heterocycles. The number of rotatable bonds is 41. The first kappa shape index (κ1) is 53.6. The molecule has 0 aliphatic carbocycles. The number of carbonyl (C=O) groups is 3. The van der Waals surface area contributed by atoms with Crippen LogP contribution in [-0.4, -0.2) is 75.5 Å². The Morgan fingerprint density at radius 1 is 0.536 bits per heavy atom. The van der Waals surface area contributed by atoms with Crippen molar-refractivity contribution in [1.82, 2.24) is 0 Å². The van der Waals surface area contributed by atoms with Crippen molar-refractivity contribution in [3.8, 4) is 0 Å². The number of carboxylic acid groups (broad SMARTS) is 1. The molecule has 8 heteroatoms. The fourth-order valence-corrected chi connectivity index (χ4v) is 6.62. The highest BCUT2D eigenvalue weighted by Gasteiger charge is 2.25. The first-order valence-corrected chi connectivity index (χ1v) is 23.0. The normalized spacial score (nSPS) is 13.2. The molecular formula is C48H87NO7. The van der Waals surface area contributed by atoms with E-state index < -0.39 is 18.1 Å². The van der Waals surface area contributed by atoms with E-state index in [-0.39, 0.29) is 42.7 Å². The van der Waals surface area contributed by atoms with E-state index in [2.05, 4.69) is 50.3 Å². The van der Waals surface area contributed by atoms with Gasteiger partial charge in [-0.05, 0) is 70.6 Å². The highest BCUT2D eigenvalue weighted by Crippen LogP contribution is 2.14. The van der Waals surface area contributed by atoms with E-state index in [1.54, 1.807) is 21.1 Å². The summed E-state index contributed by atoms with van der Waals surface area (Å²) in [6.45, 7) is 4.62. The van der Waals surface area contributed by atoms with Crippen LogP contribution >= 0.6 is 0 Å². The molecule has 0 heterocycles. The number of hydrogen-bond acceptors (Lipinski definition) is 7. The highest BCUT2D eigenvalue weighted by molar-refractivity contribution is 5.70. The van der Waals surface area contributed by atoms with E-state index in [1.165, 1.54) is 109 Å². The Morgan fingerprint density at radius 3 is 1.43 bits per heavy atom. The van der Waals surface area contributed by atoms with Crippen molar-refractivity contribution >= 4 is 17.9 Å². The molecule has 0 N–H and O–H groups in total. The average molecular weight is 790 g/mol. The number of allylic oxidation sites excluding steroid dienone is 6. The number of hydrogen-bond donors (Lipinski definition) is 0. The summed E-state index contributed by atoms with van der Waals surface area (Å²) >= 11 is 0. The molecule has 0 radical (unpaired) electrons. The van der Waals surface area contributed by atoms with Crippen LogP contribution in [0, 0.1) is 0 Å². The summed E-state index contributed by atoms with van der Waals surface area (Å²) in [6, 6.07) is -0.726. The molecule has 0 aromatic rings. The third-order valence-electron chi connectivity index (χ3n) is 10.2. The summed E-state index contributed by atoms with van der Waals surface area (Å²) in [5, 5.41) is 11.6. The third-order valence-corrected chi connectivity index (χ3v) is 10.2. The maximum absolute atomic E-state index is 12.7. The number of aliphatic carboxylic acids is 1. The largest absolute Gasteiger partial charge is 0.544 e. The predicted molar refractivity (Wildman–Crippen MR) is 231 cm³/mol. The van der Waals surface area contributed by atoms with Crippen molar-refractivity contribution in [2.24, 2.45) is 0 Å². The van der Waals surface area contributed by atoms with Crippen molar-refractivity contribution < 1.29 is 38.2 Å². The van der Waals surface area contributed by atoms with Gasteiger partial charge >= 0.3 is 11.9 Å². The molecule has 8 nitrogen and oxygen atoms in total. The lowest BCUT2D eigenvalue weighted by Gasteiger charge is -2.34. The fourth-order valence-electron chi connectivity index (χ4n) is 6.62. The Bertz CT molecular complexity index is 1020. The second kappa shape index (κ2) is 39.4. The summed E-state index contributed by atoms with van der Waals surface area (Å²) in [5.41, 5.74) is 0. The van der Waals surface area contributed by atoms with Gasteiger partial charge in [0.2, 0.25) is 0 Å². The molecule has 56 heavy (non-hydrogen) atoms. The van der Waals surface area contributed by atoms with Crippen molar-refractivity contribution in [2.45, 2.75) is 212 Å². The van der Waals surface area contributed by atoms with Crippen LogP contribution in [0.4, 0.5) is 0 Å². The molecular weight excluding hydrogens is 703 g/mol. The van der Waals surface area contributed by atoms with Crippen LogP contribution in [0.25, 0.3) is 0 Å². The van der Waals surface area contributed by atoms with Crippen molar-refractivity contribution in [3.63, 3.8) is 0 Å². The monoisotopic (exact) mass is 790 g/mol. The summed E-state index contributed by atoms with van der Waals surface area (Å²) in [6.07, 6.45) is 44.5. The van der Waals surface area contributed by atoms with Crippen LogP contribution in [0.1, 0.15) is 200 Å². The Balaban J connectivity index is 4.31. The van der Waals surface area contributed by atoms with Crippen molar-refractivity contribution in [1.29, 1.82) is 0 Å². The van der Waals surface area contributed by atoms with E-state index >= 15 is 0 Å². The lowest BCUT2D eigenvalue weighted by atomic mass is 10.1. The summed E-state index contributed by atoms with van der Waals surface area (Å²) in [4.78, 5) is 36.9. The molecule has 0 aromatic carbocycles. The highest BCUT2D eigenvalue weighted by atomic mass is 16.6. The van der Waals surface area contributed by atoms with E-state index in [9.17, 15) is 19.5 Å². The minimum atomic E-state index is -1.13. The first-order chi connectivity index (χ1) is 27.1. The molecule has 2 atom stereocenters. The zero-order valence-electron chi connectivity index (χ0n) is 37.1. The van der Waals surface area contributed by atoms with Gasteiger partial charge in [-0.1, -0.05) is 147 Å². The molecule has 0 saturated carbocycles. The number of quaternary nitrogens is 1. The lowest BCUT2D eigenvalue weighted by Crippen LogP contribution is -2.55. The fraction of sp³-hybridized carbons (Fsp3) is 0.812. The van der Waals surface area contributed by atoms with Gasteiger partial charge in [0.25, 0.3) is 0 Å². The Labute approximate surface area is 344 Å². The van der Waals surface area contributed by atoms with Gasteiger partial charge in [0.1, 0.15) is 12.6 Å². The zero-order valence-corrected chi connectivity index (χ0v) is 37.1. The Morgan fingerprint density at radius 2 is 0.946 bits per heavy atom. The molecule has 0 fully saturated rings.